The molecule has 3 atom stereocenters. The average molecular weight is 479 g/mol. The number of ether oxygens (including phenoxy) is 1. The smallest absolute Gasteiger partial charge is 0.355 e. The number of carbonyl (C=O) groups excluding carboxylic acids is 2. The topological polar surface area (TPSA) is 151 Å². The first kappa shape index (κ1) is 21.7. The van der Waals surface area contributed by atoms with Crippen LogP contribution in [0.15, 0.2) is 41.7 Å². The largest absolute Gasteiger partial charge is 0.456 e. The van der Waals surface area contributed by atoms with Crippen molar-refractivity contribution >= 4 is 39.3 Å². The van der Waals surface area contributed by atoms with Gasteiger partial charge in [0.15, 0.2) is 5.69 Å². The van der Waals surface area contributed by atoms with Gasteiger partial charge in [-0.1, -0.05) is 0 Å². The molecule has 0 unspecified atom stereocenters. The molecular weight excluding hydrogens is 462 g/mol. The lowest BCUT2D eigenvalue weighted by atomic mass is 9.83. The Balaban J connectivity index is 1.48. The second kappa shape index (κ2) is 8.05. The number of aliphatic hydroxyl groups is 1. The van der Waals surface area contributed by atoms with Crippen LogP contribution >= 0.6 is 11.3 Å². The minimum absolute atomic E-state index is 0.0763. The van der Waals surface area contributed by atoms with E-state index in [2.05, 4.69) is 4.98 Å². The summed E-state index contributed by atoms with van der Waals surface area (Å²) in [6.07, 6.45) is 0.969. The summed E-state index contributed by atoms with van der Waals surface area (Å²) in [5.74, 6) is -1.69. The monoisotopic (exact) mass is 479 g/mol. The number of nitriles is 1. The highest BCUT2D eigenvalue weighted by Gasteiger charge is 2.57. The number of hydrogen-bond acceptors (Lipinski definition) is 9. The number of benzene rings is 1. The number of nitro groups is 1. The summed E-state index contributed by atoms with van der Waals surface area (Å²) in [6, 6.07) is 7.28. The van der Waals surface area contributed by atoms with Crippen molar-refractivity contribution in [2.24, 2.45) is 5.92 Å². The maximum Gasteiger partial charge on any atom is 0.355 e. The Labute approximate surface area is 196 Å². The van der Waals surface area contributed by atoms with Gasteiger partial charge in [0.2, 0.25) is 5.91 Å². The number of aromatic nitrogens is 2. The molecule has 0 radical (unpaired) electrons. The van der Waals surface area contributed by atoms with Crippen LogP contribution in [0.25, 0.3) is 10.4 Å². The molecule has 2 aromatic heterocycles. The molecule has 12 heteroatoms. The Morgan fingerprint density at radius 2 is 2.18 bits per heavy atom. The number of amides is 1. The second-order valence-electron chi connectivity index (χ2n) is 8.07. The maximum absolute atomic E-state index is 13.2. The molecule has 5 rings (SSSR count). The number of fused-ring (bicyclic) bond motifs is 2. The summed E-state index contributed by atoms with van der Waals surface area (Å²) in [4.78, 5) is 42.4. The summed E-state index contributed by atoms with van der Waals surface area (Å²) in [5.41, 5.74) is 2.04. The number of aliphatic hydroxyl groups excluding tert-OH is 1. The molecule has 2 aliphatic heterocycles. The molecule has 0 aliphatic carbocycles. The molecule has 34 heavy (non-hydrogen) atoms. The zero-order valence-corrected chi connectivity index (χ0v) is 18.6. The van der Waals surface area contributed by atoms with E-state index in [9.17, 15) is 30.1 Å². The Morgan fingerprint density at radius 3 is 2.82 bits per heavy atom. The van der Waals surface area contributed by atoms with Gasteiger partial charge in [-0.05, 0) is 31.0 Å². The number of nitrogens with zero attached hydrogens (tertiary/aromatic N) is 5. The third-order valence-corrected chi connectivity index (χ3v) is 7.07. The molecule has 0 spiro atoms. The second-order valence-corrected chi connectivity index (χ2v) is 8.93. The fraction of sp³-hybridized carbons (Fsp3) is 0.273. The Morgan fingerprint density at radius 1 is 1.44 bits per heavy atom. The van der Waals surface area contributed by atoms with Gasteiger partial charge in [-0.2, -0.15) is 5.26 Å². The standard InChI is InChI=1S/C22H17N5O6S/c1-11(28)18-16-6-14(17-9-34-21-15(7-23)24-10-25(17)21)19(26(16)20(18)29)22(30)33-8-12-2-4-13(5-3-12)27(31)32/h2-5,9-11,16,18,28H,6,8H2,1H3/t11-,16-,18-/m1/s1. The molecule has 1 amide bonds. The van der Waals surface area contributed by atoms with Crippen LogP contribution < -0.4 is 0 Å². The average Bonchev–Trinajstić information content (AvgIpc) is 3.49. The number of β-lactam (4-membered cyclic amide) rings is 1. The van der Waals surface area contributed by atoms with E-state index < -0.39 is 22.9 Å². The van der Waals surface area contributed by atoms with Crippen molar-refractivity contribution in [1.82, 2.24) is 14.3 Å². The number of hydrogen-bond donors (Lipinski definition) is 1. The fourth-order valence-electron chi connectivity index (χ4n) is 4.50. The van der Waals surface area contributed by atoms with E-state index in [-0.39, 0.29) is 35.6 Å². The third kappa shape index (κ3) is 3.25. The van der Waals surface area contributed by atoms with Crippen molar-refractivity contribution in [1.29, 1.82) is 5.26 Å². The van der Waals surface area contributed by atoms with Crippen LogP contribution in [0.5, 0.6) is 0 Å². The summed E-state index contributed by atoms with van der Waals surface area (Å²) in [7, 11) is 0. The lowest BCUT2D eigenvalue weighted by molar-refractivity contribution is -0.384. The van der Waals surface area contributed by atoms with Crippen molar-refractivity contribution in [3.05, 3.63) is 68.7 Å². The normalized spacial score (nSPS) is 20.1. The Kier molecular flexibility index (Phi) is 5.15. The number of non-ortho nitro benzene ring substituents is 1. The van der Waals surface area contributed by atoms with Crippen LogP contribution in [0.1, 0.15) is 30.3 Å². The fourth-order valence-corrected chi connectivity index (χ4v) is 5.45. The van der Waals surface area contributed by atoms with Crippen LogP contribution in [-0.2, 0) is 20.9 Å². The first-order chi connectivity index (χ1) is 16.3. The molecular formula is C22H17N5O6S. The highest BCUT2D eigenvalue weighted by molar-refractivity contribution is 7.16. The van der Waals surface area contributed by atoms with Gasteiger partial charge in [0, 0.05) is 23.1 Å². The van der Waals surface area contributed by atoms with E-state index in [1.54, 1.807) is 16.7 Å². The molecule has 1 saturated heterocycles. The molecule has 0 bridgehead atoms. The van der Waals surface area contributed by atoms with Crippen molar-refractivity contribution in [2.75, 3.05) is 0 Å². The van der Waals surface area contributed by atoms with Gasteiger partial charge in [-0.25, -0.2) is 9.78 Å². The maximum atomic E-state index is 13.2. The molecule has 1 aromatic carbocycles. The predicted octanol–water partition coefficient (Wildman–Crippen LogP) is 2.24. The number of rotatable bonds is 6. The first-order valence-corrected chi connectivity index (χ1v) is 11.2. The predicted molar refractivity (Wildman–Crippen MR) is 118 cm³/mol. The van der Waals surface area contributed by atoms with E-state index >= 15 is 0 Å². The molecule has 4 heterocycles. The highest BCUT2D eigenvalue weighted by atomic mass is 32.1. The summed E-state index contributed by atoms with van der Waals surface area (Å²) < 4.78 is 7.18. The molecule has 2 aliphatic rings. The zero-order chi connectivity index (χ0) is 24.1. The van der Waals surface area contributed by atoms with Crippen molar-refractivity contribution in [3.8, 4) is 6.07 Å². The van der Waals surface area contributed by atoms with Gasteiger partial charge in [-0.3, -0.25) is 19.3 Å². The van der Waals surface area contributed by atoms with E-state index in [1.807, 2.05) is 6.07 Å². The summed E-state index contributed by atoms with van der Waals surface area (Å²) in [5, 5.41) is 32.0. The number of carbonyl (C=O) groups is 2. The van der Waals surface area contributed by atoms with E-state index in [0.717, 1.165) is 0 Å². The number of nitro benzene ring substituents is 1. The number of esters is 1. The molecule has 1 N–H and O–H groups in total. The van der Waals surface area contributed by atoms with E-state index in [0.29, 0.717) is 28.1 Å². The molecule has 3 aromatic rings. The van der Waals surface area contributed by atoms with Crippen LogP contribution in [0.4, 0.5) is 5.69 Å². The van der Waals surface area contributed by atoms with Crippen LogP contribution in [0.2, 0.25) is 0 Å². The van der Waals surface area contributed by atoms with Crippen LogP contribution in [0, 0.1) is 27.4 Å². The quantitative estimate of drug-likeness (QED) is 0.245. The summed E-state index contributed by atoms with van der Waals surface area (Å²) in [6.45, 7) is 1.41. The van der Waals surface area contributed by atoms with Gasteiger partial charge in [0.25, 0.3) is 5.69 Å². The van der Waals surface area contributed by atoms with Gasteiger partial charge >= 0.3 is 5.97 Å². The van der Waals surface area contributed by atoms with Gasteiger partial charge in [-0.15, -0.1) is 11.3 Å². The van der Waals surface area contributed by atoms with Crippen LogP contribution in [-0.4, -0.2) is 48.3 Å². The van der Waals surface area contributed by atoms with Gasteiger partial charge < -0.3 is 14.7 Å². The SMILES string of the molecule is C[C@@H](O)[C@H]1C(=O)N2C(C(=O)OCc3ccc([N+](=O)[O-])cc3)=C(c3csc4c(C#N)ncn34)C[C@H]12. The molecule has 1 fully saturated rings. The Bertz CT molecular complexity index is 1410. The molecule has 0 saturated carbocycles. The minimum Gasteiger partial charge on any atom is -0.456 e. The van der Waals surface area contributed by atoms with Crippen molar-refractivity contribution in [3.63, 3.8) is 0 Å². The first-order valence-electron chi connectivity index (χ1n) is 10.3. The van der Waals surface area contributed by atoms with Gasteiger partial charge in [0.1, 0.15) is 29.5 Å². The lowest BCUT2D eigenvalue weighted by Crippen LogP contribution is -2.61. The zero-order valence-electron chi connectivity index (χ0n) is 17.7. The van der Waals surface area contributed by atoms with Crippen molar-refractivity contribution in [2.45, 2.75) is 32.1 Å². The van der Waals surface area contributed by atoms with E-state index in [4.69, 9.17) is 4.74 Å². The van der Waals surface area contributed by atoms with Crippen molar-refractivity contribution < 1.29 is 24.4 Å². The Hall–Kier alpha value is -4.08. The van der Waals surface area contributed by atoms with Crippen LogP contribution in [0.3, 0.4) is 0 Å². The number of thiazole rings is 1. The van der Waals surface area contributed by atoms with Gasteiger partial charge in [0.05, 0.1) is 28.7 Å². The number of imidazole rings is 1. The van der Waals surface area contributed by atoms with E-state index in [1.165, 1.54) is 46.8 Å². The summed E-state index contributed by atoms with van der Waals surface area (Å²) >= 11 is 1.30. The molecule has 172 valence electrons. The highest BCUT2D eigenvalue weighted by Crippen LogP contribution is 2.48. The third-order valence-electron chi connectivity index (χ3n) is 6.12. The lowest BCUT2D eigenvalue weighted by Gasteiger charge is -2.44. The molecule has 11 nitrogen and oxygen atoms in total. The minimum atomic E-state index is -0.869.